The van der Waals surface area contributed by atoms with Crippen LogP contribution in [0.25, 0.3) is 11.4 Å². The second-order valence-corrected chi connectivity index (χ2v) is 4.46. The van der Waals surface area contributed by atoms with Gasteiger partial charge in [-0.2, -0.15) is 13.2 Å². The molecule has 1 aromatic heterocycles. The van der Waals surface area contributed by atoms with Gasteiger partial charge in [-0.3, -0.25) is 0 Å². The molecule has 1 N–H and O–H groups in total. The Balaban J connectivity index is 2.51. The van der Waals surface area contributed by atoms with E-state index in [0.717, 1.165) is 11.8 Å². The molecule has 0 amide bonds. The number of aromatic nitrogens is 2. The number of rotatable bonds is 1. The largest absolute Gasteiger partial charge is 0.417 e. The summed E-state index contributed by atoms with van der Waals surface area (Å²) < 4.78 is 38.1. The summed E-state index contributed by atoms with van der Waals surface area (Å²) in [6, 6.07) is 4.02. The van der Waals surface area contributed by atoms with E-state index in [9.17, 15) is 13.2 Å². The van der Waals surface area contributed by atoms with Crippen molar-refractivity contribution in [3.63, 3.8) is 0 Å². The van der Waals surface area contributed by atoms with Gasteiger partial charge in [-0.15, -0.1) is 0 Å². The van der Waals surface area contributed by atoms with E-state index < -0.39 is 11.7 Å². The first-order valence-corrected chi connectivity index (χ1v) is 5.56. The van der Waals surface area contributed by atoms with Crippen LogP contribution in [0.3, 0.4) is 0 Å². The molecule has 0 radical (unpaired) electrons. The van der Waals surface area contributed by atoms with Gasteiger partial charge in [-0.1, -0.05) is 22.0 Å². The van der Waals surface area contributed by atoms with Crippen molar-refractivity contribution in [1.82, 2.24) is 9.97 Å². The van der Waals surface area contributed by atoms with Gasteiger partial charge in [0.1, 0.15) is 5.82 Å². The number of benzene rings is 1. The summed E-state index contributed by atoms with van der Waals surface area (Å²) in [5.74, 6) is 0.431. The maximum Gasteiger partial charge on any atom is 0.417 e. The van der Waals surface area contributed by atoms with Crippen LogP contribution in [0, 0.1) is 6.92 Å². The van der Waals surface area contributed by atoms with Gasteiger partial charge in [0.05, 0.1) is 5.56 Å². The van der Waals surface area contributed by atoms with Crippen molar-refractivity contribution < 1.29 is 13.2 Å². The molecular weight excluding hydrogens is 297 g/mol. The van der Waals surface area contributed by atoms with E-state index in [0.29, 0.717) is 11.4 Å². The van der Waals surface area contributed by atoms with Crippen LogP contribution in [0.2, 0.25) is 0 Å². The molecule has 0 fully saturated rings. The lowest BCUT2D eigenvalue weighted by Crippen LogP contribution is -2.06. The SMILES string of the molecule is Cc1cnc(-c2ccc(Br)c(C(F)(F)F)c2)[nH]1. The van der Waals surface area contributed by atoms with Gasteiger partial charge in [0.15, 0.2) is 0 Å². The summed E-state index contributed by atoms with van der Waals surface area (Å²) in [5.41, 5.74) is 0.508. The number of hydrogen-bond acceptors (Lipinski definition) is 1. The Morgan fingerprint density at radius 1 is 1.29 bits per heavy atom. The molecule has 1 heterocycles. The van der Waals surface area contributed by atoms with Gasteiger partial charge in [-0.25, -0.2) is 4.98 Å². The number of alkyl halides is 3. The predicted molar refractivity (Wildman–Crippen MR) is 61.5 cm³/mol. The third-order valence-electron chi connectivity index (χ3n) is 2.25. The molecule has 0 aliphatic heterocycles. The molecule has 6 heteroatoms. The summed E-state index contributed by atoms with van der Waals surface area (Å²) in [6.07, 6.45) is -2.80. The molecule has 1 aromatic carbocycles. The van der Waals surface area contributed by atoms with Crippen molar-refractivity contribution in [3.05, 3.63) is 40.1 Å². The maximum absolute atomic E-state index is 12.7. The van der Waals surface area contributed by atoms with E-state index in [1.165, 1.54) is 6.07 Å². The number of H-pyrrole nitrogens is 1. The van der Waals surface area contributed by atoms with Crippen molar-refractivity contribution in [2.45, 2.75) is 13.1 Å². The standard InChI is InChI=1S/C11H8BrF3N2/c1-6-5-16-10(17-6)7-2-3-9(12)8(4-7)11(13,14)15/h2-5H,1H3,(H,16,17). The molecular formula is C11H8BrF3N2. The van der Waals surface area contributed by atoms with Gasteiger partial charge in [0.2, 0.25) is 0 Å². The Morgan fingerprint density at radius 2 is 2.00 bits per heavy atom. The first kappa shape index (κ1) is 12.2. The minimum atomic E-state index is -4.38. The van der Waals surface area contributed by atoms with Crippen molar-refractivity contribution in [3.8, 4) is 11.4 Å². The highest BCUT2D eigenvalue weighted by atomic mass is 79.9. The number of hydrogen-bond donors (Lipinski definition) is 1. The van der Waals surface area contributed by atoms with E-state index in [-0.39, 0.29) is 4.47 Å². The van der Waals surface area contributed by atoms with Crippen molar-refractivity contribution in [2.24, 2.45) is 0 Å². The van der Waals surface area contributed by atoms with Crippen molar-refractivity contribution in [2.75, 3.05) is 0 Å². The first-order chi connectivity index (χ1) is 7.88. The summed E-state index contributed by atoms with van der Waals surface area (Å²) in [5, 5.41) is 0. The molecule has 0 unspecified atom stereocenters. The Kier molecular flexibility index (Phi) is 2.99. The Morgan fingerprint density at radius 3 is 2.53 bits per heavy atom. The van der Waals surface area contributed by atoms with Crippen molar-refractivity contribution in [1.29, 1.82) is 0 Å². The van der Waals surface area contributed by atoms with E-state index in [2.05, 4.69) is 25.9 Å². The van der Waals surface area contributed by atoms with Crippen LogP contribution in [0.1, 0.15) is 11.3 Å². The van der Waals surface area contributed by atoms with Gasteiger partial charge < -0.3 is 4.98 Å². The number of aromatic amines is 1. The molecule has 17 heavy (non-hydrogen) atoms. The van der Waals surface area contributed by atoms with Crippen LogP contribution in [0.4, 0.5) is 13.2 Å². The second kappa shape index (κ2) is 4.18. The first-order valence-electron chi connectivity index (χ1n) is 4.76. The third kappa shape index (κ3) is 2.52. The Bertz CT molecular complexity index is 546. The maximum atomic E-state index is 12.7. The quantitative estimate of drug-likeness (QED) is 0.842. The molecule has 2 aromatic rings. The molecule has 0 saturated heterocycles. The fourth-order valence-corrected chi connectivity index (χ4v) is 1.92. The van der Waals surface area contributed by atoms with E-state index in [4.69, 9.17) is 0 Å². The average Bonchev–Trinajstić information content (AvgIpc) is 2.64. The summed E-state index contributed by atoms with van der Waals surface area (Å²) >= 11 is 2.89. The Hall–Kier alpha value is -1.30. The Labute approximate surface area is 104 Å². The number of nitrogens with one attached hydrogen (secondary N) is 1. The predicted octanol–water partition coefficient (Wildman–Crippen LogP) is 4.17. The number of nitrogens with zero attached hydrogens (tertiary/aromatic N) is 1. The summed E-state index contributed by atoms with van der Waals surface area (Å²) in [7, 11) is 0. The number of imidazole rings is 1. The molecule has 2 rings (SSSR count). The minimum absolute atomic E-state index is 0.0250. The number of halogens is 4. The lowest BCUT2D eigenvalue weighted by Gasteiger charge is -2.10. The summed E-state index contributed by atoms with van der Waals surface area (Å²) in [4.78, 5) is 6.90. The minimum Gasteiger partial charge on any atom is -0.342 e. The topological polar surface area (TPSA) is 28.7 Å². The van der Waals surface area contributed by atoms with E-state index in [1.807, 2.05) is 0 Å². The normalized spacial score (nSPS) is 11.8. The zero-order chi connectivity index (χ0) is 12.6. The smallest absolute Gasteiger partial charge is 0.342 e. The van der Waals surface area contributed by atoms with Crippen LogP contribution in [0.5, 0.6) is 0 Å². The molecule has 0 spiro atoms. The lowest BCUT2D eigenvalue weighted by atomic mass is 10.1. The average molecular weight is 305 g/mol. The van der Waals surface area contributed by atoms with Gasteiger partial charge >= 0.3 is 6.18 Å². The molecule has 0 saturated carbocycles. The van der Waals surface area contributed by atoms with Crippen LogP contribution in [-0.4, -0.2) is 9.97 Å². The molecule has 0 aliphatic carbocycles. The molecule has 90 valence electrons. The van der Waals surface area contributed by atoms with Crippen LogP contribution in [-0.2, 0) is 6.18 Å². The third-order valence-corrected chi connectivity index (χ3v) is 2.94. The fourth-order valence-electron chi connectivity index (χ4n) is 1.45. The zero-order valence-corrected chi connectivity index (χ0v) is 10.4. The highest BCUT2D eigenvalue weighted by Gasteiger charge is 2.33. The second-order valence-electron chi connectivity index (χ2n) is 3.61. The van der Waals surface area contributed by atoms with Crippen LogP contribution < -0.4 is 0 Å². The fraction of sp³-hybridized carbons (Fsp3) is 0.182. The highest BCUT2D eigenvalue weighted by molar-refractivity contribution is 9.10. The van der Waals surface area contributed by atoms with Gasteiger partial charge in [-0.05, 0) is 19.1 Å². The van der Waals surface area contributed by atoms with Crippen LogP contribution >= 0.6 is 15.9 Å². The molecule has 0 atom stereocenters. The molecule has 0 bridgehead atoms. The lowest BCUT2D eigenvalue weighted by molar-refractivity contribution is -0.138. The van der Waals surface area contributed by atoms with Gasteiger partial charge in [0.25, 0.3) is 0 Å². The molecule has 0 aliphatic rings. The monoisotopic (exact) mass is 304 g/mol. The van der Waals surface area contributed by atoms with Gasteiger partial charge in [0, 0.05) is 21.9 Å². The van der Waals surface area contributed by atoms with Crippen molar-refractivity contribution >= 4 is 15.9 Å². The summed E-state index contributed by atoms with van der Waals surface area (Å²) in [6.45, 7) is 1.79. The number of aryl methyl sites for hydroxylation is 1. The zero-order valence-electron chi connectivity index (χ0n) is 8.77. The molecule has 2 nitrogen and oxygen atoms in total. The van der Waals surface area contributed by atoms with E-state index in [1.54, 1.807) is 19.2 Å². The van der Waals surface area contributed by atoms with Crippen LogP contribution in [0.15, 0.2) is 28.9 Å². The highest BCUT2D eigenvalue weighted by Crippen LogP contribution is 2.36. The van der Waals surface area contributed by atoms with E-state index >= 15 is 0 Å².